The van der Waals surface area contributed by atoms with E-state index in [2.05, 4.69) is 10.3 Å². The topological polar surface area (TPSA) is 85.7 Å². The molecule has 0 aliphatic heterocycles. The van der Waals surface area contributed by atoms with Crippen molar-refractivity contribution in [2.24, 2.45) is 17.9 Å². The van der Waals surface area contributed by atoms with Crippen molar-refractivity contribution >= 4 is 17.4 Å². The summed E-state index contributed by atoms with van der Waals surface area (Å²) in [6.07, 6.45) is 0. The molecule has 0 saturated heterocycles. The fourth-order valence-electron chi connectivity index (χ4n) is 1.76. The summed E-state index contributed by atoms with van der Waals surface area (Å²) < 4.78 is 20.0. The first-order valence-corrected chi connectivity index (χ1v) is 5.96. The molecule has 8 heteroatoms. The Hall–Kier alpha value is -2.28. The van der Waals surface area contributed by atoms with E-state index in [1.807, 2.05) is 0 Å². The van der Waals surface area contributed by atoms with Crippen LogP contribution in [0.15, 0.2) is 23.4 Å². The quantitative estimate of drug-likeness (QED) is 0.394. The monoisotopic (exact) mass is 298 g/mol. The third kappa shape index (κ3) is 2.53. The molecule has 0 aliphatic rings. The molecule has 6 nitrogen and oxygen atoms in total. The van der Waals surface area contributed by atoms with E-state index < -0.39 is 5.82 Å². The van der Waals surface area contributed by atoms with Crippen molar-refractivity contribution in [3.05, 3.63) is 40.3 Å². The molecule has 0 bridgehead atoms. The average molecular weight is 299 g/mol. The van der Waals surface area contributed by atoms with Crippen molar-refractivity contribution in [1.82, 2.24) is 9.78 Å². The summed E-state index contributed by atoms with van der Waals surface area (Å²) in [6.45, 7) is 1.69. The predicted octanol–water partition coefficient (Wildman–Crippen LogP) is 2.41. The fourth-order valence-corrected chi connectivity index (χ4v) is 1.97. The molecule has 0 fully saturated rings. The first kappa shape index (κ1) is 14.1. The maximum absolute atomic E-state index is 13.0. The van der Waals surface area contributed by atoms with Crippen LogP contribution in [0.1, 0.15) is 11.3 Å². The van der Waals surface area contributed by atoms with Gasteiger partial charge in [-0.15, -0.1) is 0 Å². The van der Waals surface area contributed by atoms with E-state index in [0.717, 1.165) is 6.07 Å². The lowest BCUT2D eigenvalue weighted by Gasteiger charge is -2.09. The van der Waals surface area contributed by atoms with Gasteiger partial charge in [0.05, 0.1) is 10.7 Å². The lowest BCUT2D eigenvalue weighted by atomic mass is 10.2. The Kier molecular flexibility index (Phi) is 3.80. The normalized spacial score (nSPS) is 11.7. The van der Waals surface area contributed by atoms with Gasteiger partial charge >= 0.3 is 0 Å². The highest BCUT2D eigenvalue weighted by molar-refractivity contribution is 6.32. The molecule has 2 aromatic rings. The Labute approximate surface area is 119 Å². The van der Waals surface area contributed by atoms with Crippen molar-refractivity contribution in [2.75, 3.05) is 0 Å². The molecule has 0 unspecified atom stereocenters. The maximum atomic E-state index is 13.0. The number of benzene rings is 1. The summed E-state index contributed by atoms with van der Waals surface area (Å²) in [7, 11) is 1.63. The van der Waals surface area contributed by atoms with Gasteiger partial charge in [0.25, 0.3) is 0 Å². The Bertz CT molecular complexity index is 684. The zero-order chi connectivity index (χ0) is 14.9. The lowest BCUT2D eigenvalue weighted by Crippen LogP contribution is -2.15. The SMILES string of the molecule is Cc1nn(C)c(Oc2ccc(F)cc2Cl)c1C(N)=NO. The van der Waals surface area contributed by atoms with Crippen LogP contribution in [-0.4, -0.2) is 20.8 Å². The highest BCUT2D eigenvalue weighted by Crippen LogP contribution is 2.32. The molecule has 1 heterocycles. The number of hydrogen-bond donors (Lipinski definition) is 2. The first-order chi connectivity index (χ1) is 9.43. The molecule has 0 spiro atoms. The van der Waals surface area contributed by atoms with E-state index in [4.69, 9.17) is 27.3 Å². The molecule has 20 heavy (non-hydrogen) atoms. The number of aryl methyl sites for hydroxylation is 2. The standard InChI is InChI=1S/C12H12ClFN4O2/c1-6-10(11(15)17-19)12(18(2)16-6)20-9-4-3-7(14)5-8(9)13/h3-5,19H,1-2H3,(H2,15,17). The second-order valence-electron chi connectivity index (χ2n) is 4.05. The number of nitrogens with zero attached hydrogens (tertiary/aromatic N) is 3. The number of oxime groups is 1. The summed E-state index contributed by atoms with van der Waals surface area (Å²) in [5, 5.41) is 16.0. The Morgan fingerprint density at radius 3 is 2.85 bits per heavy atom. The molecule has 1 aromatic heterocycles. The number of rotatable bonds is 3. The molecule has 0 saturated carbocycles. The summed E-state index contributed by atoms with van der Waals surface area (Å²) in [5.41, 5.74) is 6.47. The third-order valence-electron chi connectivity index (χ3n) is 2.63. The summed E-state index contributed by atoms with van der Waals surface area (Å²) >= 11 is 5.90. The molecule has 3 N–H and O–H groups in total. The second-order valence-corrected chi connectivity index (χ2v) is 4.46. The van der Waals surface area contributed by atoms with E-state index in [1.165, 1.54) is 16.8 Å². The molecule has 0 amide bonds. The van der Waals surface area contributed by atoms with Gasteiger partial charge in [0.1, 0.15) is 17.1 Å². The van der Waals surface area contributed by atoms with E-state index in [0.29, 0.717) is 11.3 Å². The van der Waals surface area contributed by atoms with Crippen molar-refractivity contribution in [3.63, 3.8) is 0 Å². The lowest BCUT2D eigenvalue weighted by molar-refractivity contribution is 0.318. The summed E-state index contributed by atoms with van der Waals surface area (Å²) in [4.78, 5) is 0. The van der Waals surface area contributed by atoms with Crippen LogP contribution >= 0.6 is 11.6 Å². The van der Waals surface area contributed by atoms with Gasteiger partial charge in [0.15, 0.2) is 5.84 Å². The zero-order valence-electron chi connectivity index (χ0n) is 10.8. The number of amidine groups is 1. The number of ether oxygens (including phenoxy) is 1. The highest BCUT2D eigenvalue weighted by Gasteiger charge is 2.20. The first-order valence-electron chi connectivity index (χ1n) is 5.58. The average Bonchev–Trinajstić information content (AvgIpc) is 2.66. The van der Waals surface area contributed by atoms with Gasteiger partial charge in [-0.2, -0.15) is 5.10 Å². The predicted molar refractivity (Wildman–Crippen MR) is 71.9 cm³/mol. The minimum Gasteiger partial charge on any atom is -0.437 e. The Morgan fingerprint density at radius 2 is 2.25 bits per heavy atom. The van der Waals surface area contributed by atoms with E-state index in [-0.39, 0.29) is 22.5 Å². The zero-order valence-corrected chi connectivity index (χ0v) is 11.5. The third-order valence-corrected chi connectivity index (χ3v) is 2.93. The molecule has 2 rings (SSSR count). The van der Waals surface area contributed by atoms with Gasteiger partial charge in [-0.1, -0.05) is 16.8 Å². The number of hydrogen-bond acceptors (Lipinski definition) is 4. The molecule has 1 aromatic carbocycles. The second kappa shape index (κ2) is 5.38. The van der Waals surface area contributed by atoms with Crippen LogP contribution in [0.5, 0.6) is 11.6 Å². The summed E-state index contributed by atoms with van der Waals surface area (Å²) in [5.74, 6) is -0.126. The van der Waals surface area contributed by atoms with Gasteiger partial charge < -0.3 is 15.7 Å². The van der Waals surface area contributed by atoms with Gasteiger partial charge in [0, 0.05) is 7.05 Å². The van der Waals surface area contributed by atoms with Crippen molar-refractivity contribution < 1.29 is 14.3 Å². The van der Waals surface area contributed by atoms with Crippen molar-refractivity contribution in [1.29, 1.82) is 0 Å². The number of nitrogens with two attached hydrogens (primary N) is 1. The minimum absolute atomic E-state index is 0.106. The van der Waals surface area contributed by atoms with Gasteiger partial charge in [-0.3, -0.25) is 0 Å². The largest absolute Gasteiger partial charge is 0.437 e. The van der Waals surface area contributed by atoms with Crippen molar-refractivity contribution in [3.8, 4) is 11.6 Å². The van der Waals surface area contributed by atoms with Gasteiger partial charge in [0.2, 0.25) is 5.88 Å². The maximum Gasteiger partial charge on any atom is 0.229 e. The van der Waals surface area contributed by atoms with Gasteiger partial charge in [-0.25, -0.2) is 9.07 Å². The number of halogens is 2. The van der Waals surface area contributed by atoms with Gasteiger partial charge in [-0.05, 0) is 25.1 Å². The van der Waals surface area contributed by atoms with Crippen molar-refractivity contribution in [2.45, 2.75) is 6.92 Å². The Morgan fingerprint density at radius 1 is 1.55 bits per heavy atom. The van der Waals surface area contributed by atoms with Crippen LogP contribution in [0, 0.1) is 12.7 Å². The molecular formula is C12H12ClFN4O2. The summed E-state index contributed by atoms with van der Waals surface area (Å²) in [6, 6.07) is 3.73. The van der Waals surface area contributed by atoms with Crippen LogP contribution < -0.4 is 10.5 Å². The molecule has 106 valence electrons. The highest BCUT2D eigenvalue weighted by atomic mass is 35.5. The molecule has 0 aliphatic carbocycles. The van der Waals surface area contributed by atoms with Crippen LogP contribution in [-0.2, 0) is 7.05 Å². The van der Waals surface area contributed by atoms with E-state index >= 15 is 0 Å². The molecule has 0 atom stereocenters. The Balaban J connectivity index is 2.48. The van der Waals surface area contributed by atoms with Crippen LogP contribution in [0.4, 0.5) is 4.39 Å². The smallest absolute Gasteiger partial charge is 0.229 e. The van der Waals surface area contributed by atoms with Crippen LogP contribution in [0.25, 0.3) is 0 Å². The molecular weight excluding hydrogens is 287 g/mol. The minimum atomic E-state index is -0.472. The van der Waals surface area contributed by atoms with E-state index in [9.17, 15) is 4.39 Å². The molecule has 0 radical (unpaired) electrons. The van der Waals surface area contributed by atoms with Crippen LogP contribution in [0.3, 0.4) is 0 Å². The number of aromatic nitrogens is 2. The van der Waals surface area contributed by atoms with Crippen LogP contribution in [0.2, 0.25) is 5.02 Å². The fraction of sp³-hybridized carbons (Fsp3) is 0.167. The van der Waals surface area contributed by atoms with E-state index in [1.54, 1.807) is 14.0 Å².